The minimum absolute atomic E-state index is 0.225. The van der Waals surface area contributed by atoms with Crippen molar-refractivity contribution in [2.45, 2.75) is 32.7 Å². The van der Waals surface area contributed by atoms with Gasteiger partial charge in [0.1, 0.15) is 6.04 Å². The van der Waals surface area contributed by atoms with Gasteiger partial charge in [0.05, 0.1) is 7.11 Å². The van der Waals surface area contributed by atoms with Crippen molar-refractivity contribution in [3.63, 3.8) is 0 Å². The van der Waals surface area contributed by atoms with Crippen LogP contribution in [0, 0.1) is 11.3 Å². The molecule has 2 N–H and O–H groups in total. The highest BCUT2D eigenvalue weighted by Gasteiger charge is 2.40. The van der Waals surface area contributed by atoms with Gasteiger partial charge in [0.15, 0.2) is 0 Å². The maximum atomic E-state index is 11.4. The van der Waals surface area contributed by atoms with Crippen molar-refractivity contribution in [2.24, 2.45) is 17.1 Å². The summed E-state index contributed by atoms with van der Waals surface area (Å²) in [5.41, 5.74) is 5.70. The van der Waals surface area contributed by atoms with Gasteiger partial charge in [-0.1, -0.05) is 13.8 Å². The number of nitrogens with two attached hydrogens (primary N) is 1. The zero-order valence-electron chi connectivity index (χ0n) is 9.79. The Morgan fingerprint density at radius 2 is 2.00 bits per heavy atom. The van der Waals surface area contributed by atoms with Gasteiger partial charge < -0.3 is 15.2 Å². The van der Waals surface area contributed by atoms with Crippen LogP contribution in [0.3, 0.4) is 0 Å². The summed E-state index contributed by atoms with van der Waals surface area (Å²) in [6.07, 6.45) is 1.94. The molecule has 0 aromatic carbocycles. The van der Waals surface area contributed by atoms with E-state index in [0.29, 0.717) is 5.92 Å². The zero-order valence-corrected chi connectivity index (χ0v) is 9.79. The first-order chi connectivity index (χ1) is 7.00. The fourth-order valence-electron chi connectivity index (χ4n) is 2.13. The van der Waals surface area contributed by atoms with E-state index in [1.54, 1.807) is 0 Å². The van der Waals surface area contributed by atoms with Crippen LogP contribution in [0.1, 0.15) is 26.7 Å². The SMILES string of the molecule is COC(=O)C(N)C(C)(C)C1CCOCC1. The van der Waals surface area contributed by atoms with Gasteiger partial charge in [0.25, 0.3) is 0 Å². The third kappa shape index (κ3) is 2.69. The van der Waals surface area contributed by atoms with Gasteiger partial charge in [-0.2, -0.15) is 0 Å². The second-order valence-corrected chi connectivity index (χ2v) is 4.71. The summed E-state index contributed by atoms with van der Waals surface area (Å²) in [7, 11) is 1.38. The molecular formula is C11H21NO3. The smallest absolute Gasteiger partial charge is 0.323 e. The van der Waals surface area contributed by atoms with E-state index in [4.69, 9.17) is 15.2 Å². The predicted molar refractivity (Wildman–Crippen MR) is 57.3 cm³/mol. The Kier molecular flexibility index (Phi) is 4.11. The van der Waals surface area contributed by atoms with Gasteiger partial charge in [-0.25, -0.2) is 0 Å². The Balaban J connectivity index is 2.66. The fourth-order valence-corrected chi connectivity index (χ4v) is 2.13. The van der Waals surface area contributed by atoms with Crippen LogP contribution in [0.5, 0.6) is 0 Å². The van der Waals surface area contributed by atoms with Gasteiger partial charge in [-0.05, 0) is 24.2 Å². The molecule has 1 aliphatic rings. The molecule has 0 amide bonds. The standard InChI is InChI=1S/C11H21NO3/c1-11(2,9(12)10(13)14-3)8-4-6-15-7-5-8/h8-9H,4-7,12H2,1-3H3. The lowest BCUT2D eigenvalue weighted by atomic mass is 9.70. The molecule has 1 aliphatic heterocycles. The van der Waals surface area contributed by atoms with Crippen molar-refractivity contribution in [1.82, 2.24) is 0 Å². The lowest BCUT2D eigenvalue weighted by Crippen LogP contribution is -2.49. The second-order valence-electron chi connectivity index (χ2n) is 4.71. The highest BCUT2D eigenvalue weighted by Crippen LogP contribution is 2.36. The predicted octanol–water partition coefficient (Wildman–Crippen LogP) is 0.939. The number of ether oxygens (including phenoxy) is 2. The summed E-state index contributed by atoms with van der Waals surface area (Å²) < 4.78 is 10.00. The van der Waals surface area contributed by atoms with Crippen LogP contribution in [-0.2, 0) is 14.3 Å². The molecule has 15 heavy (non-hydrogen) atoms. The summed E-state index contributed by atoms with van der Waals surface area (Å²) in [4.78, 5) is 11.4. The molecule has 0 aromatic rings. The van der Waals surface area contributed by atoms with E-state index in [1.807, 2.05) is 13.8 Å². The summed E-state index contributed by atoms with van der Waals surface area (Å²) in [5, 5.41) is 0. The second kappa shape index (κ2) is 4.94. The highest BCUT2D eigenvalue weighted by molar-refractivity contribution is 5.76. The largest absolute Gasteiger partial charge is 0.468 e. The molecule has 0 spiro atoms. The Labute approximate surface area is 91.1 Å². The summed E-state index contributed by atoms with van der Waals surface area (Å²) in [6.45, 7) is 5.60. The molecule has 1 rings (SSSR count). The van der Waals surface area contributed by atoms with Crippen molar-refractivity contribution in [3.8, 4) is 0 Å². The first-order valence-electron chi connectivity index (χ1n) is 5.41. The molecule has 1 unspecified atom stereocenters. The average molecular weight is 215 g/mol. The molecule has 1 heterocycles. The van der Waals surface area contributed by atoms with E-state index < -0.39 is 6.04 Å². The Hall–Kier alpha value is -0.610. The molecule has 4 heteroatoms. The van der Waals surface area contributed by atoms with Crippen LogP contribution in [0.25, 0.3) is 0 Å². The normalized spacial score (nSPS) is 21.1. The van der Waals surface area contributed by atoms with Gasteiger partial charge in [0.2, 0.25) is 0 Å². The van der Waals surface area contributed by atoms with Crippen LogP contribution in [0.2, 0.25) is 0 Å². The van der Waals surface area contributed by atoms with E-state index in [0.717, 1.165) is 26.1 Å². The highest BCUT2D eigenvalue weighted by atomic mass is 16.5. The fraction of sp³-hybridized carbons (Fsp3) is 0.909. The van der Waals surface area contributed by atoms with Crippen LogP contribution >= 0.6 is 0 Å². The number of methoxy groups -OCH3 is 1. The van der Waals surface area contributed by atoms with E-state index in [9.17, 15) is 4.79 Å². The monoisotopic (exact) mass is 215 g/mol. The van der Waals surface area contributed by atoms with Gasteiger partial charge in [-0.3, -0.25) is 4.79 Å². The lowest BCUT2D eigenvalue weighted by molar-refractivity contribution is -0.146. The third-order valence-electron chi connectivity index (χ3n) is 3.53. The van der Waals surface area contributed by atoms with E-state index in [-0.39, 0.29) is 11.4 Å². The number of carbonyl (C=O) groups excluding carboxylic acids is 1. The van der Waals surface area contributed by atoms with E-state index in [1.165, 1.54) is 7.11 Å². The number of hydrogen-bond acceptors (Lipinski definition) is 4. The molecule has 0 saturated carbocycles. The van der Waals surface area contributed by atoms with Crippen molar-refractivity contribution < 1.29 is 14.3 Å². The molecule has 1 atom stereocenters. The zero-order chi connectivity index (χ0) is 11.5. The Bertz CT molecular complexity index is 222. The number of esters is 1. The maximum Gasteiger partial charge on any atom is 0.323 e. The Morgan fingerprint density at radius 1 is 1.47 bits per heavy atom. The van der Waals surface area contributed by atoms with Crippen molar-refractivity contribution in [1.29, 1.82) is 0 Å². The summed E-state index contributed by atoms with van der Waals surface area (Å²) >= 11 is 0. The van der Waals surface area contributed by atoms with Crippen LogP contribution < -0.4 is 5.73 Å². The van der Waals surface area contributed by atoms with Crippen LogP contribution in [0.15, 0.2) is 0 Å². The molecule has 0 bridgehead atoms. The third-order valence-corrected chi connectivity index (χ3v) is 3.53. The maximum absolute atomic E-state index is 11.4. The van der Waals surface area contributed by atoms with Gasteiger partial charge in [0, 0.05) is 13.2 Å². The molecule has 0 aliphatic carbocycles. The first kappa shape index (κ1) is 12.5. The van der Waals surface area contributed by atoms with Crippen molar-refractivity contribution in [3.05, 3.63) is 0 Å². The molecule has 88 valence electrons. The first-order valence-corrected chi connectivity index (χ1v) is 5.41. The molecule has 1 fully saturated rings. The molecule has 0 radical (unpaired) electrons. The minimum atomic E-state index is -0.550. The van der Waals surface area contributed by atoms with E-state index >= 15 is 0 Å². The topological polar surface area (TPSA) is 61.5 Å². The minimum Gasteiger partial charge on any atom is -0.468 e. The van der Waals surface area contributed by atoms with Gasteiger partial charge in [-0.15, -0.1) is 0 Å². The summed E-state index contributed by atoms with van der Waals surface area (Å²) in [5.74, 6) is 0.104. The van der Waals surface area contributed by atoms with Gasteiger partial charge >= 0.3 is 5.97 Å². The van der Waals surface area contributed by atoms with Crippen molar-refractivity contribution in [2.75, 3.05) is 20.3 Å². The van der Waals surface area contributed by atoms with E-state index in [2.05, 4.69) is 0 Å². The number of rotatable bonds is 3. The lowest BCUT2D eigenvalue weighted by Gasteiger charge is -2.39. The number of hydrogen-bond donors (Lipinski definition) is 1. The van der Waals surface area contributed by atoms with Crippen LogP contribution in [-0.4, -0.2) is 32.3 Å². The quantitative estimate of drug-likeness (QED) is 0.712. The van der Waals surface area contributed by atoms with Crippen molar-refractivity contribution >= 4 is 5.97 Å². The molecular weight excluding hydrogens is 194 g/mol. The number of carbonyl (C=O) groups is 1. The molecule has 0 aromatic heterocycles. The Morgan fingerprint density at radius 3 is 2.47 bits per heavy atom. The molecule has 1 saturated heterocycles. The molecule has 4 nitrogen and oxygen atoms in total. The average Bonchev–Trinajstić information content (AvgIpc) is 2.28. The summed E-state index contributed by atoms with van der Waals surface area (Å²) in [6, 6.07) is -0.550. The van der Waals surface area contributed by atoms with Crippen LogP contribution in [0.4, 0.5) is 0 Å².